The first kappa shape index (κ1) is 52.6. The number of rotatable bonds is 34. The second kappa shape index (κ2) is 32.2. The molecule has 15 nitrogen and oxygen atoms in total. The molecule has 11 atom stereocenters. The van der Waals surface area contributed by atoms with Crippen LogP contribution in [-0.4, -0.2) is 142 Å². The van der Waals surface area contributed by atoms with Crippen molar-refractivity contribution in [3.63, 3.8) is 0 Å². The third-order valence-electron chi connectivity index (χ3n) is 11.1. The van der Waals surface area contributed by atoms with E-state index in [1.807, 2.05) is 0 Å². The minimum Gasteiger partial charge on any atom is -0.462 e. The average Bonchev–Trinajstić information content (AvgIpc) is 3.21. The van der Waals surface area contributed by atoms with Crippen molar-refractivity contribution in [1.29, 1.82) is 0 Å². The molecule has 2 aliphatic rings. The molecule has 2 fully saturated rings. The van der Waals surface area contributed by atoms with Gasteiger partial charge in [-0.15, -0.1) is 0 Å². The van der Waals surface area contributed by atoms with E-state index < -0.39 is 92.7 Å². The molecule has 0 aromatic carbocycles. The van der Waals surface area contributed by atoms with Gasteiger partial charge in [0.1, 0.15) is 55.4 Å². The standard InChI is InChI=1S/C43H80O15/c1-3-5-7-9-11-13-15-16-18-20-22-24-26-35(46)56-31(28-53-34(45)25-23-21-19-17-14-12-10-8-6-4-2)29-54-42-41(52)39(50)37(48)33(58-42)30-55-43-40(51)38(49)36(47)32(27-44)57-43/h31-33,36-44,47-52H,3-30H2,1-2H3/t31-,32-,33-,36+,37+,38?,39?,40?,41?,42-,43-/m1/s1. The van der Waals surface area contributed by atoms with Crippen LogP contribution in [0.25, 0.3) is 0 Å². The van der Waals surface area contributed by atoms with Crippen molar-refractivity contribution >= 4 is 11.9 Å². The molecule has 4 unspecified atom stereocenters. The number of hydrogen-bond donors (Lipinski definition) is 7. The fourth-order valence-electron chi connectivity index (χ4n) is 7.28. The highest BCUT2D eigenvalue weighted by Gasteiger charge is 2.47. The van der Waals surface area contributed by atoms with E-state index in [1.54, 1.807) is 0 Å². The van der Waals surface area contributed by atoms with Crippen molar-refractivity contribution < 1.29 is 73.8 Å². The Hall–Kier alpha value is -1.50. The van der Waals surface area contributed by atoms with Crippen molar-refractivity contribution in [2.75, 3.05) is 26.4 Å². The number of ether oxygens (including phenoxy) is 6. The summed E-state index contributed by atoms with van der Waals surface area (Å²) in [6.45, 7) is 2.56. The maximum Gasteiger partial charge on any atom is 0.306 e. The Labute approximate surface area is 347 Å². The molecule has 342 valence electrons. The molecule has 7 N–H and O–H groups in total. The first-order valence-electron chi connectivity index (χ1n) is 22.6. The quantitative estimate of drug-likeness (QED) is 0.0350. The van der Waals surface area contributed by atoms with E-state index in [0.717, 1.165) is 38.5 Å². The SMILES string of the molecule is CCCCCCCCCCCCCCC(=O)O[C@H](COC(=O)CCCCCCCCCCCC)CO[C@@H]1O[C@H](CO[C@@H]2O[C@H](CO)[C@H](O)C(O)C2O)[C@H](O)C(O)C1O. The minimum absolute atomic E-state index is 0.172. The van der Waals surface area contributed by atoms with Gasteiger partial charge < -0.3 is 64.2 Å². The molecule has 0 radical (unpaired) electrons. The largest absolute Gasteiger partial charge is 0.462 e. The van der Waals surface area contributed by atoms with Crippen LogP contribution in [0.5, 0.6) is 0 Å². The lowest BCUT2D eigenvalue weighted by Crippen LogP contribution is -2.61. The van der Waals surface area contributed by atoms with E-state index in [0.29, 0.717) is 12.8 Å². The van der Waals surface area contributed by atoms with E-state index in [4.69, 9.17) is 28.4 Å². The molecular weight excluding hydrogens is 756 g/mol. The number of carbonyl (C=O) groups is 2. The second-order valence-electron chi connectivity index (χ2n) is 16.2. The third-order valence-corrected chi connectivity index (χ3v) is 11.1. The lowest BCUT2D eigenvalue weighted by molar-refractivity contribution is -0.332. The van der Waals surface area contributed by atoms with Crippen LogP contribution in [0.2, 0.25) is 0 Å². The van der Waals surface area contributed by atoms with Crippen LogP contribution < -0.4 is 0 Å². The number of carbonyl (C=O) groups excluding carboxylic acids is 2. The summed E-state index contributed by atoms with van der Waals surface area (Å²) < 4.78 is 33.4. The van der Waals surface area contributed by atoms with Gasteiger partial charge in [0, 0.05) is 12.8 Å². The van der Waals surface area contributed by atoms with Crippen LogP contribution in [0.15, 0.2) is 0 Å². The molecule has 0 spiro atoms. The predicted octanol–water partition coefficient (Wildman–Crippen LogP) is 4.48. The number of unbranched alkanes of at least 4 members (excludes halogenated alkanes) is 20. The minimum atomic E-state index is -1.76. The van der Waals surface area contributed by atoms with Crippen molar-refractivity contribution in [3.05, 3.63) is 0 Å². The number of esters is 2. The molecule has 0 saturated carbocycles. The highest BCUT2D eigenvalue weighted by Crippen LogP contribution is 2.26. The first-order valence-corrected chi connectivity index (χ1v) is 22.6. The number of hydrogen-bond acceptors (Lipinski definition) is 15. The fraction of sp³-hybridized carbons (Fsp3) is 0.953. The maximum atomic E-state index is 12.9. The molecule has 58 heavy (non-hydrogen) atoms. The predicted molar refractivity (Wildman–Crippen MR) is 215 cm³/mol. The zero-order valence-electron chi connectivity index (χ0n) is 35.5. The van der Waals surface area contributed by atoms with E-state index >= 15 is 0 Å². The summed E-state index contributed by atoms with van der Waals surface area (Å²) >= 11 is 0. The summed E-state index contributed by atoms with van der Waals surface area (Å²) in [5.74, 6) is -0.919. The molecule has 0 aromatic heterocycles. The van der Waals surface area contributed by atoms with Gasteiger partial charge in [-0.3, -0.25) is 9.59 Å². The molecular formula is C43H80O15. The van der Waals surface area contributed by atoms with Gasteiger partial charge in [-0.25, -0.2) is 0 Å². The van der Waals surface area contributed by atoms with Gasteiger partial charge in [0.05, 0.1) is 19.8 Å². The van der Waals surface area contributed by atoms with Crippen LogP contribution in [-0.2, 0) is 38.0 Å². The van der Waals surface area contributed by atoms with Gasteiger partial charge in [0.25, 0.3) is 0 Å². The molecule has 15 heteroatoms. The van der Waals surface area contributed by atoms with Gasteiger partial charge in [-0.05, 0) is 12.8 Å². The summed E-state index contributed by atoms with van der Waals surface area (Å²) in [5.41, 5.74) is 0. The normalized spacial score (nSPS) is 28.0. The molecule has 2 heterocycles. The first-order chi connectivity index (χ1) is 28.0. The van der Waals surface area contributed by atoms with Gasteiger partial charge in [-0.1, -0.05) is 142 Å². The van der Waals surface area contributed by atoms with Crippen molar-refractivity contribution in [3.8, 4) is 0 Å². The molecule has 0 aliphatic carbocycles. The van der Waals surface area contributed by atoms with E-state index in [2.05, 4.69) is 13.8 Å². The lowest BCUT2D eigenvalue weighted by Gasteiger charge is -2.42. The summed E-state index contributed by atoms with van der Waals surface area (Å²) in [5, 5.41) is 71.7. The Kier molecular flexibility index (Phi) is 29.3. The summed E-state index contributed by atoms with van der Waals surface area (Å²) in [6.07, 6.45) is 8.68. The molecule has 0 aromatic rings. The number of aliphatic hydroxyl groups excluding tert-OH is 7. The highest BCUT2D eigenvalue weighted by molar-refractivity contribution is 5.70. The topological polar surface area (TPSA) is 231 Å². The van der Waals surface area contributed by atoms with Crippen LogP contribution in [0, 0.1) is 0 Å². The molecule has 2 saturated heterocycles. The summed E-state index contributed by atoms with van der Waals surface area (Å²) in [4.78, 5) is 25.5. The highest BCUT2D eigenvalue weighted by atomic mass is 16.7. The Morgan fingerprint density at radius 1 is 0.483 bits per heavy atom. The zero-order valence-corrected chi connectivity index (χ0v) is 35.5. The van der Waals surface area contributed by atoms with Gasteiger partial charge in [0.15, 0.2) is 18.7 Å². The van der Waals surface area contributed by atoms with Crippen molar-refractivity contribution in [1.82, 2.24) is 0 Å². The van der Waals surface area contributed by atoms with Crippen LogP contribution >= 0.6 is 0 Å². The second-order valence-corrected chi connectivity index (χ2v) is 16.2. The molecule has 0 amide bonds. The summed E-state index contributed by atoms with van der Waals surface area (Å²) in [6, 6.07) is 0. The molecule has 2 aliphatic heterocycles. The maximum absolute atomic E-state index is 12.9. The van der Waals surface area contributed by atoms with Crippen molar-refractivity contribution in [2.45, 2.75) is 235 Å². The smallest absolute Gasteiger partial charge is 0.306 e. The van der Waals surface area contributed by atoms with E-state index in [1.165, 1.54) is 89.9 Å². The monoisotopic (exact) mass is 837 g/mol. The Morgan fingerprint density at radius 2 is 0.879 bits per heavy atom. The van der Waals surface area contributed by atoms with E-state index in [9.17, 15) is 45.3 Å². The summed E-state index contributed by atoms with van der Waals surface area (Å²) in [7, 11) is 0. The fourth-order valence-corrected chi connectivity index (χ4v) is 7.28. The Bertz CT molecular complexity index is 1030. The Morgan fingerprint density at radius 3 is 1.34 bits per heavy atom. The van der Waals surface area contributed by atoms with Crippen molar-refractivity contribution in [2.24, 2.45) is 0 Å². The van der Waals surface area contributed by atoms with Gasteiger partial charge in [0.2, 0.25) is 0 Å². The van der Waals surface area contributed by atoms with Crippen LogP contribution in [0.1, 0.15) is 168 Å². The van der Waals surface area contributed by atoms with Crippen LogP contribution in [0.3, 0.4) is 0 Å². The third kappa shape index (κ3) is 21.3. The molecule has 0 bridgehead atoms. The van der Waals surface area contributed by atoms with Gasteiger partial charge >= 0.3 is 11.9 Å². The zero-order chi connectivity index (χ0) is 42.5. The number of aliphatic hydroxyl groups is 7. The van der Waals surface area contributed by atoms with E-state index in [-0.39, 0.29) is 26.1 Å². The molecule has 2 rings (SSSR count). The van der Waals surface area contributed by atoms with Crippen LogP contribution in [0.4, 0.5) is 0 Å². The lowest BCUT2D eigenvalue weighted by atomic mass is 9.98. The average molecular weight is 837 g/mol. The van der Waals surface area contributed by atoms with Gasteiger partial charge in [-0.2, -0.15) is 0 Å². The Balaban J connectivity index is 1.86.